The van der Waals surface area contributed by atoms with E-state index < -0.39 is 0 Å². The number of rotatable bonds is 4. The molecule has 1 aliphatic rings. The molecule has 1 aromatic carbocycles. The van der Waals surface area contributed by atoms with Crippen molar-refractivity contribution >= 4 is 29.9 Å². The van der Waals surface area contributed by atoms with Gasteiger partial charge in [-0.2, -0.15) is 0 Å². The molecule has 0 saturated heterocycles. The lowest BCUT2D eigenvalue weighted by molar-refractivity contribution is 0.329. The summed E-state index contributed by atoms with van der Waals surface area (Å²) in [5, 5.41) is 7.02. The molecule has 1 aromatic heterocycles. The fourth-order valence-electron chi connectivity index (χ4n) is 3.29. The van der Waals surface area contributed by atoms with Gasteiger partial charge in [0.1, 0.15) is 0 Å². The zero-order chi connectivity index (χ0) is 16.8. The van der Waals surface area contributed by atoms with E-state index in [9.17, 15) is 0 Å². The van der Waals surface area contributed by atoms with Gasteiger partial charge in [0.05, 0.1) is 12.0 Å². The maximum Gasteiger partial charge on any atom is 0.191 e. The molecule has 0 spiro atoms. The Kier molecular flexibility index (Phi) is 7.74. The van der Waals surface area contributed by atoms with Crippen LogP contribution < -0.4 is 10.6 Å². The van der Waals surface area contributed by atoms with E-state index in [0.29, 0.717) is 6.04 Å². The summed E-state index contributed by atoms with van der Waals surface area (Å²) < 4.78 is 2.04. The highest BCUT2D eigenvalue weighted by Crippen LogP contribution is 2.23. The molecule has 2 N–H and O–H groups in total. The van der Waals surface area contributed by atoms with Crippen molar-refractivity contribution in [1.82, 2.24) is 20.2 Å². The number of aliphatic imine (C=N–C) groups is 1. The molecule has 25 heavy (non-hydrogen) atoms. The van der Waals surface area contributed by atoms with Crippen LogP contribution in [0, 0.1) is 5.92 Å². The molecule has 3 rings (SSSR count). The van der Waals surface area contributed by atoms with Crippen LogP contribution in [0.25, 0.3) is 5.69 Å². The van der Waals surface area contributed by atoms with Crippen molar-refractivity contribution in [3.8, 4) is 5.69 Å². The van der Waals surface area contributed by atoms with E-state index in [1.807, 2.05) is 24.1 Å². The summed E-state index contributed by atoms with van der Waals surface area (Å²) in [4.78, 5) is 8.52. The van der Waals surface area contributed by atoms with Crippen LogP contribution in [0.5, 0.6) is 0 Å². The number of hydrogen-bond donors (Lipinski definition) is 2. The first-order valence-corrected chi connectivity index (χ1v) is 8.79. The third-order valence-electron chi connectivity index (χ3n) is 4.80. The number of para-hydroxylation sites is 1. The molecule has 1 heterocycles. The summed E-state index contributed by atoms with van der Waals surface area (Å²) in [5.41, 5.74) is 2.36. The minimum atomic E-state index is 0. The van der Waals surface area contributed by atoms with E-state index in [1.165, 1.54) is 31.2 Å². The number of benzene rings is 1. The molecular formula is C19H28IN5. The normalized spacial score (nSPS) is 20.6. The molecule has 1 saturated carbocycles. The minimum Gasteiger partial charge on any atom is -0.354 e. The third kappa shape index (κ3) is 5.45. The first-order chi connectivity index (χ1) is 11.8. The maximum atomic E-state index is 4.38. The molecule has 6 heteroatoms. The second-order valence-corrected chi connectivity index (χ2v) is 6.63. The fraction of sp³-hybridized carbons (Fsp3) is 0.474. The Bertz CT molecular complexity index is 660. The Labute approximate surface area is 167 Å². The van der Waals surface area contributed by atoms with Crippen LogP contribution in [0.1, 0.15) is 38.2 Å². The average Bonchev–Trinajstić information content (AvgIpc) is 3.15. The standard InChI is InChI=1S/C19H27N5.HI/c1-15-7-9-17(10-8-15)23-19(20-2)22-13-16-5-3-4-6-18(16)24-12-11-21-14-24;/h3-6,11-12,14-15,17H,7-10,13H2,1-2H3,(H2,20,22,23);1H. The van der Waals surface area contributed by atoms with Gasteiger partial charge in [0.2, 0.25) is 0 Å². The quantitative estimate of drug-likeness (QED) is 0.422. The van der Waals surface area contributed by atoms with Crippen LogP contribution in [0.4, 0.5) is 0 Å². The number of nitrogens with zero attached hydrogens (tertiary/aromatic N) is 3. The van der Waals surface area contributed by atoms with Crippen LogP contribution in [0.2, 0.25) is 0 Å². The molecule has 0 aliphatic heterocycles. The Morgan fingerprint density at radius 3 is 2.68 bits per heavy atom. The van der Waals surface area contributed by atoms with E-state index >= 15 is 0 Å². The second-order valence-electron chi connectivity index (χ2n) is 6.63. The summed E-state index contributed by atoms with van der Waals surface area (Å²) in [7, 11) is 1.84. The Morgan fingerprint density at radius 1 is 1.24 bits per heavy atom. The van der Waals surface area contributed by atoms with Gasteiger partial charge < -0.3 is 15.2 Å². The zero-order valence-electron chi connectivity index (χ0n) is 15.0. The van der Waals surface area contributed by atoms with Crippen molar-refractivity contribution < 1.29 is 0 Å². The predicted octanol–water partition coefficient (Wildman–Crippen LogP) is 3.73. The van der Waals surface area contributed by atoms with Gasteiger partial charge >= 0.3 is 0 Å². The number of nitrogens with one attached hydrogen (secondary N) is 2. The van der Waals surface area contributed by atoms with Crippen LogP contribution in [-0.4, -0.2) is 28.6 Å². The molecule has 5 nitrogen and oxygen atoms in total. The monoisotopic (exact) mass is 453 g/mol. The Balaban J connectivity index is 0.00000225. The van der Waals surface area contributed by atoms with Crippen LogP contribution in [0.3, 0.4) is 0 Å². The van der Waals surface area contributed by atoms with Gasteiger partial charge in [0.15, 0.2) is 5.96 Å². The summed E-state index contributed by atoms with van der Waals surface area (Å²) in [6, 6.07) is 8.90. The molecular weight excluding hydrogens is 425 g/mol. The summed E-state index contributed by atoms with van der Waals surface area (Å²) in [6.45, 7) is 3.08. The predicted molar refractivity (Wildman–Crippen MR) is 114 cm³/mol. The highest BCUT2D eigenvalue weighted by atomic mass is 127. The lowest BCUT2D eigenvalue weighted by Gasteiger charge is -2.28. The van der Waals surface area contributed by atoms with Crippen LogP contribution in [0.15, 0.2) is 48.0 Å². The lowest BCUT2D eigenvalue weighted by atomic mass is 9.87. The van der Waals surface area contributed by atoms with Crippen molar-refractivity contribution in [2.45, 2.75) is 45.2 Å². The molecule has 136 valence electrons. The smallest absolute Gasteiger partial charge is 0.191 e. The number of aromatic nitrogens is 2. The molecule has 0 atom stereocenters. The molecule has 2 aromatic rings. The Morgan fingerprint density at radius 2 is 2.00 bits per heavy atom. The van der Waals surface area contributed by atoms with E-state index in [0.717, 1.165) is 24.1 Å². The highest BCUT2D eigenvalue weighted by Gasteiger charge is 2.18. The fourth-order valence-corrected chi connectivity index (χ4v) is 3.29. The van der Waals surface area contributed by atoms with Crippen molar-refractivity contribution in [3.63, 3.8) is 0 Å². The van der Waals surface area contributed by atoms with Gasteiger partial charge in [-0.3, -0.25) is 4.99 Å². The van der Waals surface area contributed by atoms with Gasteiger partial charge in [0.25, 0.3) is 0 Å². The maximum absolute atomic E-state index is 4.38. The average molecular weight is 453 g/mol. The van der Waals surface area contributed by atoms with Crippen LogP contribution in [-0.2, 0) is 6.54 Å². The van der Waals surface area contributed by atoms with Gasteiger partial charge in [-0.1, -0.05) is 25.1 Å². The molecule has 1 aliphatic carbocycles. The van der Waals surface area contributed by atoms with Gasteiger partial charge in [-0.15, -0.1) is 24.0 Å². The van der Waals surface area contributed by atoms with Crippen molar-refractivity contribution in [2.24, 2.45) is 10.9 Å². The summed E-state index contributed by atoms with van der Waals surface area (Å²) in [5.74, 6) is 1.75. The van der Waals surface area contributed by atoms with Crippen LogP contribution >= 0.6 is 24.0 Å². The molecule has 0 amide bonds. The SMILES string of the molecule is CN=C(NCc1ccccc1-n1ccnc1)NC1CCC(C)CC1.I. The lowest BCUT2D eigenvalue weighted by Crippen LogP contribution is -2.44. The Hall–Kier alpha value is -1.57. The topological polar surface area (TPSA) is 54.2 Å². The second kappa shape index (κ2) is 9.79. The zero-order valence-corrected chi connectivity index (χ0v) is 17.3. The number of imidazole rings is 1. The van der Waals surface area contributed by atoms with E-state index in [2.05, 4.69) is 51.8 Å². The molecule has 0 radical (unpaired) electrons. The third-order valence-corrected chi connectivity index (χ3v) is 4.80. The molecule has 1 fully saturated rings. The number of hydrogen-bond acceptors (Lipinski definition) is 2. The van der Waals surface area contributed by atoms with Crippen molar-refractivity contribution in [1.29, 1.82) is 0 Å². The molecule has 0 unspecified atom stereocenters. The summed E-state index contributed by atoms with van der Waals surface area (Å²) >= 11 is 0. The van der Waals surface area contributed by atoms with E-state index in [4.69, 9.17) is 0 Å². The van der Waals surface area contributed by atoms with Crippen molar-refractivity contribution in [3.05, 3.63) is 48.5 Å². The number of halogens is 1. The largest absolute Gasteiger partial charge is 0.354 e. The highest BCUT2D eigenvalue weighted by molar-refractivity contribution is 14.0. The van der Waals surface area contributed by atoms with Gasteiger partial charge in [0, 0.05) is 32.0 Å². The van der Waals surface area contributed by atoms with E-state index in [-0.39, 0.29) is 24.0 Å². The first-order valence-electron chi connectivity index (χ1n) is 8.79. The van der Waals surface area contributed by atoms with E-state index in [1.54, 1.807) is 6.20 Å². The number of guanidine groups is 1. The van der Waals surface area contributed by atoms with Crippen molar-refractivity contribution in [2.75, 3.05) is 7.05 Å². The molecule has 0 bridgehead atoms. The van der Waals surface area contributed by atoms with Gasteiger partial charge in [-0.25, -0.2) is 4.98 Å². The summed E-state index contributed by atoms with van der Waals surface area (Å²) in [6.07, 6.45) is 10.7. The minimum absolute atomic E-state index is 0. The first kappa shape index (κ1) is 19.8. The van der Waals surface area contributed by atoms with Gasteiger partial charge in [-0.05, 0) is 43.2 Å².